The van der Waals surface area contributed by atoms with E-state index in [1.807, 2.05) is 16.5 Å². The molecule has 1 saturated heterocycles. The first kappa shape index (κ1) is 21.9. The Morgan fingerprint density at radius 1 is 1.15 bits per heavy atom. The van der Waals surface area contributed by atoms with Crippen LogP contribution in [0, 0.1) is 0 Å². The van der Waals surface area contributed by atoms with Crippen LogP contribution in [0.2, 0.25) is 0 Å². The molecule has 3 aromatic heterocycles. The molecule has 0 spiro atoms. The maximum atomic E-state index is 9.57. The Kier molecular flexibility index (Phi) is 5.64. The van der Waals surface area contributed by atoms with Gasteiger partial charge in [0, 0.05) is 43.4 Å². The summed E-state index contributed by atoms with van der Waals surface area (Å²) in [4.78, 5) is 7.48. The van der Waals surface area contributed by atoms with E-state index in [0.717, 1.165) is 53.1 Å². The van der Waals surface area contributed by atoms with Crippen molar-refractivity contribution in [2.75, 3.05) is 19.7 Å². The van der Waals surface area contributed by atoms with Gasteiger partial charge in [-0.25, -0.2) is 4.98 Å². The van der Waals surface area contributed by atoms with Gasteiger partial charge >= 0.3 is 0 Å². The molecule has 1 fully saturated rings. The summed E-state index contributed by atoms with van der Waals surface area (Å²) in [6.45, 7) is 8.61. The van der Waals surface area contributed by atoms with Crippen molar-refractivity contribution in [1.29, 1.82) is 0 Å². The summed E-state index contributed by atoms with van der Waals surface area (Å²) < 4.78 is 2.04. The van der Waals surface area contributed by atoms with E-state index in [9.17, 15) is 5.11 Å². The summed E-state index contributed by atoms with van der Waals surface area (Å²) in [6.07, 6.45) is 3.85. The van der Waals surface area contributed by atoms with Crippen molar-refractivity contribution >= 4 is 16.6 Å². The summed E-state index contributed by atoms with van der Waals surface area (Å²) in [5.74, 6) is 0.730. The molecule has 172 valence electrons. The van der Waals surface area contributed by atoms with Gasteiger partial charge in [-0.15, -0.1) is 10.2 Å². The minimum Gasteiger partial charge on any atom is -0.396 e. The molecule has 7 nitrogen and oxygen atoms in total. The topological polar surface area (TPSA) is 92.6 Å². The summed E-state index contributed by atoms with van der Waals surface area (Å²) >= 11 is 0. The highest BCUT2D eigenvalue weighted by atomic mass is 16.3. The molecule has 33 heavy (non-hydrogen) atoms. The lowest BCUT2D eigenvalue weighted by molar-refractivity contribution is 0.253. The molecule has 0 radical (unpaired) electrons. The number of rotatable bonds is 6. The first-order valence-corrected chi connectivity index (χ1v) is 11.7. The molecule has 7 heteroatoms. The van der Waals surface area contributed by atoms with E-state index < -0.39 is 0 Å². The van der Waals surface area contributed by atoms with Crippen molar-refractivity contribution in [3.63, 3.8) is 0 Å². The quantitative estimate of drug-likeness (QED) is 0.471. The van der Waals surface area contributed by atoms with Crippen LogP contribution in [-0.4, -0.2) is 55.3 Å². The van der Waals surface area contributed by atoms with E-state index >= 15 is 0 Å². The van der Waals surface area contributed by atoms with Crippen LogP contribution in [0.1, 0.15) is 50.8 Å². The lowest BCUT2D eigenvalue weighted by Gasteiger charge is -2.25. The summed E-state index contributed by atoms with van der Waals surface area (Å²) in [7, 11) is 0. The highest BCUT2D eigenvalue weighted by Gasteiger charge is 2.26. The second-order valence-electron chi connectivity index (χ2n) is 9.87. The van der Waals surface area contributed by atoms with Crippen LogP contribution in [0.5, 0.6) is 0 Å². The van der Waals surface area contributed by atoms with Crippen molar-refractivity contribution in [1.82, 2.24) is 24.5 Å². The Balaban J connectivity index is 1.58. The minimum atomic E-state index is -0.189. The number of para-hydroxylation sites is 1. The average Bonchev–Trinajstić information content (AvgIpc) is 3.43. The van der Waals surface area contributed by atoms with Gasteiger partial charge in [0.15, 0.2) is 11.5 Å². The van der Waals surface area contributed by atoms with Gasteiger partial charge < -0.3 is 10.8 Å². The molecule has 5 rings (SSSR count). The predicted octanol–water partition coefficient (Wildman–Crippen LogP) is 3.70. The van der Waals surface area contributed by atoms with Crippen molar-refractivity contribution in [2.24, 2.45) is 5.73 Å². The van der Waals surface area contributed by atoms with Gasteiger partial charge in [0.05, 0.1) is 5.52 Å². The molecule has 2 atom stereocenters. The summed E-state index contributed by atoms with van der Waals surface area (Å²) in [5.41, 5.74) is 10.8. The van der Waals surface area contributed by atoms with Crippen LogP contribution in [0.25, 0.3) is 28.1 Å². The number of benzene rings is 1. The zero-order valence-electron chi connectivity index (χ0n) is 19.6. The smallest absolute Gasteiger partial charge is 0.187 e. The van der Waals surface area contributed by atoms with Crippen LogP contribution in [0.4, 0.5) is 0 Å². The predicted molar refractivity (Wildman–Crippen MR) is 131 cm³/mol. The number of hydrogen-bond donors (Lipinski definition) is 2. The van der Waals surface area contributed by atoms with E-state index in [1.165, 1.54) is 5.56 Å². The van der Waals surface area contributed by atoms with E-state index in [-0.39, 0.29) is 24.1 Å². The fraction of sp³-hybridized carbons (Fsp3) is 0.423. The molecule has 3 N–H and O–H groups in total. The number of aliphatic hydroxyl groups excluding tert-OH is 1. The van der Waals surface area contributed by atoms with Crippen LogP contribution >= 0.6 is 0 Å². The second kappa shape index (κ2) is 8.48. The number of pyridine rings is 2. The van der Waals surface area contributed by atoms with E-state index in [2.05, 4.69) is 72.4 Å². The molecule has 0 amide bonds. The van der Waals surface area contributed by atoms with Crippen LogP contribution in [0.3, 0.4) is 0 Å². The SMILES string of the molecule is C[C@@H](c1ccc2nnc(-c3ccc4cccc(C(C)(C)CCO)c4n3)n2c1)N1CC[C@H](N)C1. The number of hydrogen-bond acceptors (Lipinski definition) is 6. The van der Waals surface area contributed by atoms with Crippen molar-refractivity contribution in [3.05, 3.63) is 59.8 Å². The van der Waals surface area contributed by atoms with Gasteiger partial charge in [-0.1, -0.05) is 44.2 Å². The van der Waals surface area contributed by atoms with Crippen molar-refractivity contribution < 1.29 is 5.11 Å². The van der Waals surface area contributed by atoms with Gasteiger partial charge in [0.1, 0.15) is 5.69 Å². The lowest BCUT2D eigenvalue weighted by atomic mass is 9.80. The Bertz CT molecular complexity index is 1300. The highest BCUT2D eigenvalue weighted by molar-refractivity contribution is 5.85. The average molecular weight is 445 g/mol. The number of aromatic nitrogens is 4. The van der Waals surface area contributed by atoms with Gasteiger partial charge in [-0.05, 0) is 48.4 Å². The monoisotopic (exact) mass is 444 g/mol. The van der Waals surface area contributed by atoms with E-state index in [0.29, 0.717) is 6.42 Å². The molecule has 0 aliphatic carbocycles. The highest BCUT2D eigenvalue weighted by Crippen LogP contribution is 2.33. The minimum absolute atomic E-state index is 0.140. The standard InChI is InChI=1S/C26H32N6O/c1-17(31-13-11-20(27)16-31)19-8-10-23-29-30-25(32(23)15-19)22-9-7-18-5-4-6-21(24(18)28-22)26(2,3)12-14-33/h4-10,15,17,20,33H,11-14,16,27H2,1-3H3/t17-,20-/m0/s1. The van der Waals surface area contributed by atoms with E-state index in [1.54, 1.807) is 0 Å². The molecule has 4 heterocycles. The normalized spacial score (nSPS) is 18.4. The zero-order chi connectivity index (χ0) is 23.2. The molecule has 4 aromatic rings. The first-order valence-electron chi connectivity index (χ1n) is 11.7. The van der Waals surface area contributed by atoms with Gasteiger partial charge in [0.2, 0.25) is 0 Å². The number of nitrogens with two attached hydrogens (primary N) is 1. The lowest BCUT2D eigenvalue weighted by Crippen LogP contribution is -2.28. The number of fused-ring (bicyclic) bond motifs is 2. The maximum absolute atomic E-state index is 9.57. The Morgan fingerprint density at radius 3 is 2.76 bits per heavy atom. The molecular formula is C26H32N6O. The Hall–Kier alpha value is -2.87. The Morgan fingerprint density at radius 2 is 2.00 bits per heavy atom. The third kappa shape index (κ3) is 4.01. The van der Waals surface area contributed by atoms with E-state index in [4.69, 9.17) is 10.7 Å². The molecule has 0 bridgehead atoms. The van der Waals surface area contributed by atoms with Crippen LogP contribution in [0.15, 0.2) is 48.7 Å². The fourth-order valence-corrected chi connectivity index (χ4v) is 4.94. The molecule has 0 unspecified atom stereocenters. The summed E-state index contributed by atoms with van der Waals surface area (Å²) in [5, 5.41) is 19.5. The number of nitrogens with zero attached hydrogens (tertiary/aromatic N) is 5. The molecule has 0 saturated carbocycles. The molecule has 1 aliphatic heterocycles. The third-order valence-corrected chi connectivity index (χ3v) is 7.13. The largest absolute Gasteiger partial charge is 0.396 e. The van der Waals surface area contributed by atoms with Crippen LogP contribution < -0.4 is 5.73 Å². The second-order valence-corrected chi connectivity index (χ2v) is 9.87. The third-order valence-electron chi connectivity index (χ3n) is 7.13. The Labute approximate surface area is 194 Å². The molecular weight excluding hydrogens is 412 g/mol. The molecule has 1 aliphatic rings. The van der Waals surface area contributed by atoms with Crippen molar-refractivity contribution in [2.45, 2.75) is 51.1 Å². The van der Waals surface area contributed by atoms with Crippen molar-refractivity contribution in [3.8, 4) is 11.5 Å². The van der Waals surface area contributed by atoms with Gasteiger partial charge in [-0.2, -0.15) is 0 Å². The first-order chi connectivity index (χ1) is 15.9. The molecule has 1 aromatic carbocycles. The van der Waals surface area contributed by atoms with Gasteiger partial charge in [0.25, 0.3) is 0 Å². The van der Waals surface area contributed by atoms with Crippen LogP contribution in [-0.2, 0) is 5.41 Å². The number of aliphatic hydroxyl groups is 1. The fourth-order valence-electron chi connectivity index (χ4n) is 4.94. The number of likely N-dealkylation sites (tertiary alicyclic amines) is 1. The van der Waals surface area contributed by atoms with Gasteiger partial charge in [-0.3, -0.25) is 9.30 Å². The summed E-state index contributed by atoms with van der Waals surface area (Å²) in [6, 6.07) is 15.0. The zero-order valence-corrected chi connectivity index (χ0v) is 19.6. The maximum Gasteiger partial charge on any atom is 0.187 e.